The first kappa shape index (κ1) is 13.9. The molecule has 0 bridgehead atoms. The largest absolute Gasteiger partial charge is 0.383 e. The van der Waals surface area contributed by atoms with Gasteiger partial charge in [-0.25, -0.2) is 0 Å². The Kier molecular flexibility index (Phi) is 6.96. The number of nitrogens with zero attached hydrogens (tertiary/aromatic N) is 2. The van der Waals surface area contributed by atoms with E-state index in [1.165, 1.54) is 39.1 Å². The lowest BCUT2D eigenvalue weighted by atomic mass is 10.3. The van der Waals surface area contributed by atoms with Crippen LogP contribution in [0.15, 0.2) is 0 Å². The number of methoxy groups -OCH3 is 1. The fourth-order valence-electron chi connectivity index (χ4n) is 2.03. The summed E-state index contributed by atoms with van der Waals surface area (Å²) in [6, 6.07) is 0.470. The molecule has 1 saturated heterocycles. The highest BCUT2D eigenvalue weighted by Gasteiger charge is 2.12. The monoisotopic (exact) mass is 229 g/mol. The van der Waals surface area contributed by atoms with Crippen LogP contribution in [0.3, 0.4) is 0 Å². The first-order chi connectivity index (χ1) is 7.72. The van der Waals surface area contributed by atoms with E-state index >= 15 is 0 Å². The normalized spacial score (nSPS) is 21.2. The molecule has 1 aliphatic rings. The predicted molar refractivity (Wildman–Crippen MR) is 67.9 cm³/mol. The molecule has 0 radical (unpaired) electrons. The van der Waals surface area contributed by atoms with E-state index in [0.29, 0.717) is 6.04 Å². The first-order valence-corrected chi connectivity index (χ1v) is 6.35. The van der Waals surface area contributed by atoms with Crippen LogP contribution in [-0.4, -0.2) is 75.9 Å². The van der Waals surface area contributed by atoms with Crippen LogP contribution in [0.2, 0.25) is 0 Å². The molecule has 1 heterocycles. The van der Waals surface area contributed by atoms with Crippen LogP contribution in [0.4, 0.5) is 0 Å². The van der Waals surface area contributed by atoms with Crippen LogP contribution < -0.4 is 5.32 Å². The lowest BCUT2D eigenvalue weighted by molar-refractivity contribution is 0.149. The third-order valence-corrected chi connectivity index (χ3v) is 3.16. The maximum absolute atomic E-state index is 5.08. The van der Waals surface area contributed by atoms with Crippen molar-refractivity contribution in [3.63, 3.8) is 0 Å². The Morgan fingerprint density at radius 3 is 2.56 bits per heavy atom. The molecule has 1 fully saturated rings. The maximum atomic E-state index is 5.08. The van der Waals surface area contributed by atoms with Crippen molar-refractivity contribution in [1.82, 2.24) is 15.1 Å². The van der Waals surface area contributed by atoms with Gasteiger partial charge in [-0.2, -0.15) is 0 Å². The van der Waals surface area contributed by atoms with Gasteiger partial charge in [0.25, 0.3) is 0 Å². The Bertz CT molecular complexity index is 170. The number of rotatable bonds is 7. The summed E-state index contributed by atoms with van der Waals surface area (Å²) in [5, 5.41) is 3.47. The van der Waals surface area contributed by atoms with Gasteiger partial charge in [0, 0.05) is 39.3 Å². The number of piperazine rings is 1. The first-order valence-electron chi connectivity index (χ1n) is 6.35. The summed E-state index contributed by atoms with van der Waals surface area (Å²) in [6.45, 7) is 10.2. The average Bonchev–Trinajstić information content (AvgIpc) is 2.27. The predicted octanol–water partition coefficient (Wildman–Crippen LogP) is 0.248. The van der Waals surface area contributed by atoms with Gasteiger partial charge in [0.1, 0.15) is 0 Å². The van der Waals surface area contributed by atoms with Crippen molar-refractivity contribution in [2.24, 2.45) is 0 Å². The molecule has 4 nitrogen and oxygen atoms in total. The minimum absolute atomic E-state index is 0.470. The molecule has 16 heavy (non-hydrogen) atoms. The average molecular weight is 229 g/mol. The Morgan fingerprint density at radius 1 is 1.25 bits per heavy atom. The molecule has 1 unspecified atom stereocenters. The van der Waals surface area contributed by atoms with Crippen molar-refractivity contribution in [3.05, 3.63) is 0 Å². The SMILES string of the molecule is COCC(C)NCCCN1CCN(C)CC1. The molecular formula is C12H27N3O. The molecule has 0 spiro atoms. The van der Waals surface area contributed by atoms with Crippen LogP contribution in [0.25, 0.3) is 0 Å². The Balaban J connectivity index is 1.95. The second-order valence-electron chi connectivity index (χ2n) is 4.81. The summed E-state index contributed by atoms with van der Waals surface area (Å²) in [7, 11) is 3.95. The molecule has 0 aromatic rings. The van der Waals surface area contributed by atoms with E-state index in [9.17, 15) is 0 Å². The summed E-state index contributed by atoms with van der Waals surface area (Å²) in [5.41, 5.74) is 0. The number of hydrogen-bond donors (Lipinski definition) is 1. The Morgan fingerprint density at radius 2 is 1.94 bits per heavy atom. The number of likely N-dealkylation sites (N-methyl/N-ethyl adjacent to an activating group) is 1. The molecule has 1 N–H and O–H groups in total. The van der Waals surface area contributed by atoms with Crippen molar-refractivity contribution >= 4 is 0 Å². The van der Waals surface area contributed by atoms with Gasteiger partial charge < -0.3 is 19.9 Å². The van der Waals surface area contributed by atoms with Gasteiger partial charge in [0.15, 0.2) is 0 Å². The zero-order valence-corrected chi connectivity index (χ0v) is 11.0. The highest BCUT2D eigenvalue weighted by Crippen LogP contribution is 1.99. The summed E-state index contributed by atoms with van der Waals surface area (Å²) in [4.78, 5) is 4.96. The molecule has 1 rings (SSSR count). The third kappa shape index (κ3) is 5.80. The summed E-state index contributed by atoms with van der Waals surface area (Å²) >= 11 is 0. The maximum Gasteiger partial charge on any atom is 0.0613 e. The fraction of sp³-hybridized carbons (Fsp3) is 1.00. The van der Waals surface area contributed by atoms with Crippen molar-refractivity contribution in [2.75, 3.05) is 60.0 Å². The molecule has 0 aromatic heterocycles. The number of hydrogen-bond acceptors (Lipinski definition) is 4. The van der Waals surface area contributed by atoms with Crippen molar-refractivity contribution in [3.8, 4) is 0 Å². The van der Waals surface area contributed by atoms with Crippen molar-refractivity contribution in [2.45, 2.75) is 19.4 Å². The highest BCUT2D eigenvalue weighted by atomic mass is 16.5. The molecule has 1 aliphatic heterocycles. The molecule has 0 amide bonds. The van der Waals surface area contributed by atoms with E-state index in [0.717, 1.165) is 13.2 Å². The molecule has 1 atom stereocenters. The van der Waals surface area contributed by atoms with Crippen molar-refractivity contribution in [1.29, 1.82) is 0 Å². The van der Waals surface area contributed by atoms with E-state index in [1.807, 2.05) is 0 Å². The lowest BCUT2D eigenvalue weighted by Crippen LogP contribution is -2.45. The van der Waals surface area contributed by atoms with E-state index in [4.69, 9.17) is 4.74 Å². The Labute approximate surface area is 99.9 Å². The number of nitrogens with one attached hydrogen (secondary N) is 1. The van der Waals surface area contributed by atoms with Gasteiger partial charge in [-0.3, -0.25) is 0 Å². The van der Waals surface area contributed by atoms with Gasteiger partial charge in [-0.15, -0.1) is 0 Å². The minimum atomic E-state index is 0.470. The van der Waals surface area contributed by atoms with Crippen LogP contribution in [0.5, 0.6) is 0 Å². The van der Waals surface area contributed by atoms with Crippen LogP contribution in [0, 0.1) is 0 Å². The topological polar surface area (TPSA) is 27.7 Å². The van der Waals surface area contributed by atoms with Gasteiger partial charge in [-0.05, 0) is 33.5 Å². The quantitative estimate of drug-likeness (QED) is 0.633. The summed E-state index contributed by atoms with van der Waals surface area (Å²) in [6.07, 6.45) is 1.23. The smallest absolute Gasteiger partial charge is 0.0613 e. The standard InChI is InChI=1S/C12H27N3O/c1-12(11-16-3)13-5-4-6-15-9-7-14(2)8-10-15/h12-13H,4-11H2,1-3H3. The molecule has 4 heteroatoms. The van der Waals surface area contributed by atoms with E-state index in [2.05, 4.69) is 29.1 Å². The van der Waals surface area contributed by atoms with E-state index in [1.54, 1.807) is 7.11 Å². The zero-order chi connectivity index (χ0) is 11.8. The van der Waals surface area contributed by atoms with Crippen molar-refractivity contribution < 1.29 is 4.74 Å². The highest BCUT2D eigenvalue weighted by molar-refractivity contribution is 4.69. The molecule has 96 valence electrons. The van der Waals surface area contributed by atoms with Crippen LogP contribution in [0.1, 0.15) is 13.3 Å². The molecule has 0 aliphatic carbocycles. The van der Waals surface area contributed by atoms with Crippen LogP contribution >= 0.6 is 0 Å². The second kappa shape index (κ2) is 8.01. The summed E-state index contributed by atoms with van der Waals surface area (Å²) < 4.78 is 5.08. The van der Waals surface area contributed by atoms with Gasteiger partial charge in [0.05, 0.1) is 6.61 Å². The van der Waals surface area contributed by atoms with Gasteiger partial charge in [-0.1, -0.05) is 0 Å². The fourth-order valence-corrected chi connectivity index (χ4v) is 2.03. The van der Waals surface area contributed by atoms with Gasteiger partial charge >= 0.3 is 0 Å². The minimum Gasteiger partial charge on any atom is -0.383 e. The second-order valence-corrected chi connectivity index (χ2v) is 4.81. The lowest BCUT2D eigenvalue weighted by Gasteiger charge is -2.32. The summed E-state index contributed by atoms with van der Waals surface area (Å²) in [5.74, 6) is 0. The Hall–Kier alpha value is -0.160. The number of ether oxygens (including phenoxy) is 1. The van der Waals surface area contributed by atoms with E-state index in [-0.39, 0.29) is 0 Å². The van der Waals surface area contributed by atoms with Crippen LogP contribution in [-0.2, 0) is 4.74 Å². The zero-order valence-electron chi connectivity index (χ0n) is 11.0. The molecule has 0 aromatic carbocycles. The van der Waals surface area contributed by atoms with E-state index < -0.39 is 0 Å². The molecule has 0 saturated carbocycles. The molecular weight excluding hydrogens is 202 g/mol. The van der Waals surface area contributed by atoms with Gasteiger partial charge in [0.2, 0.25) is 0 Å². The third-order valence-electron chi connectivity index (χ3n) is 3.16.